The molecule has 0 atom stereocenters. The summed E-state index contributed by atoms with van der Waals surface area (Å²) in [4.78, 5) is 40.0. The van der Waals surface area contributed by atoms with Crippen molar-refractivity contribution in [2.45, 2.75) is 19.3 Å². The standard InChI is InChI=1S/C11H12N4O3/c1-13-9-8(10(17)14(2)11(13)18)12-6-4-3-5-7(16)15(6)9/h3-5H2,1-2H3. The Morgan fingerprint density at radius 2 is 1.78 bits per heavy atom. The van der Waals surface area contributed by atoms with Gasteiger partial charge in [-0.3, -0.25) is 23.3 Å². The fourth-order valence-electron chi connectivity index (χ4n) is 2.41. The van der Waals surface area contributed by atoms with Crippen molar-refractivity contribution in [3.05, 3.63) is 26.7 Å². The molecule has 0 aromatic carbocycles. The average molecular weight is 248 g/mol. The molecule has 1 aliphatic heterocycles. The number of rotatable bonds is 0. The van der Waals surface area contributed by atoms with Crippen molar-refractivity contribution < 1.29 is 4.79 Å². The molecule has 3 rings (SSSR count). The number of fused-ring (bicyclic) bond motifs is 3. The second kappa shape index (κ2) is 3.41. The SMILES string of the molecule is Cn1c(=O)c2nc3n(c2n(C)c1=O)C(=O)CCC3. The average Bonchev–Trinajstić information content (AvgIpc) is 2.75. The van der Waals surface area contributed by atoms with E-state index in [1.54, 1.807) is 7.05 Å². The minimum absolute atomic E-state index is 0.109. The van der Waals surface area contributed by atoms with Gasteiger partial charge in [-0.1, -0.05) is 0 Å². The van der Waals surface area contributed by atoms with Crippen molar-refractivity contribution >= 4 is 17.1 Å². The third-order valence-electron chi connectivity index (χ3n) is 3.36. The number of carbonyl (C=O) groups is 1. The fraction of sp³-hybridized carbons (Fsp3) is 0.455. The molecule has 0 N–H and O–H groups in total. The summed E-state index contributed by atoms with van der Waals surface area (Å²) >= 11 is 0. The van der Waals surface area contributed by atoms with E-state index in [9.17, 15) is 14.4 Å². The summed E-state index contributed by atoms with van der Waals surface area (Å²) in [6.07, 6.45) is 1.80. The Labute approximate surface area is 101 Å². The predicted octanol–water partition coefficient (Wildman–Crippen LogP) is -0.590. The Morgan fingerprint density at radius 3 is 2.50 bits per heavy atom. The smallest absolute Gasteiger partial charge is 0.280 e. The molecule has 3 heterocycles. The van der Waals surface area contributed by atoms with Crippen LogP contribution in [0.15, 0.2) is 9.59 Å². The van der Waals surface area contributed by atoms with Crippen LogP contribution in [0.2, 0.25) is 0 Å². The molecule has 18 heavy (non-hydrogen) atoms. The zero-order valence-corrected chi connectivity index (χ0v) is 10.1. The van der Waals surface area contributed by atoms with Crippen LogP contribution in [0.3, 0.4) is 0 Å². The van der Waals surface area contributed by atoms with E-state index >= 15 is 0 Å². The molecule has 0 radical (unpaired) electrons. The maximum Gasteiger partial charge on any atom is 0.332 e. The third-order valence-corrected chi connectivity index (χ3v) is 3.36. The minimum atomic E-state index is -0.456. The maximum absolute atomic E-state index is 12.0. The summed E-state index contributed by atoms with van der Waals surface area (Å²) in [7, 11) is 2.95. The normalized spacial score (nSPS) is 15.1. The highest BCUT2D eigenvalue weighted by Crippen LogP contribution is 2.18. The van der Waals surface area contributed by atoms with Crippen LogP contribution in [0.5, 0.6) is 0 Å². The van der Waals surface area contributed by atoms with Gasteiger partial charge in [0.25, 0.3) is 5.56 Å². The van der Waals surface area contributed by atoms with Crippen molar-refractivity contribution in [2.24, 2.45) is 14.1 Å². The molecule has 0 amide bonds. The van der Waals surface area contributed by atoms with Gasteiger partial charge in [0.05, 0.1) is 0 Å². The largest absolute Gasteiger partial charge is 0.332 e. The lowest BCUT2D eigenvalue weighted by molar-refractivity contribution is 0.0886. The molecule has 0 aliphatic carbocycles. The van der Waals surface area contributed by atoms with Crippen LogP contribution in [0.25, 0.3) is 11.2 Å². The first kappa shape index (κ1) is 10.9. The number of hydrogen-bond donors (Lipinski definition) is 0. The molecule has 7 nitrogen and oxygen atoms in total. The number of carbonyl (C=O) groups excluding carboxylic acids is 1. The van der Waals surface area contributed by atoms with Crippen LogP contribution in [0.4, 0.5) is 0 Å². The van der Waals surface area contributed by atoms with Gasteiger partial charge in [-0.05, 0) is 6.42 Å². The monoisotopic (exact) mass is 248 g/mol. The summed E-state index contributed by atoms with van der Waals surface area (Å²) in [5.41, 5.74) is -0.413. The topological polar surface area (TPSA) is 78.9 Å². The molecule has 0 unspecified atom stereocenters. The van der Waals surface area contributed by atoms with Gasteiger partial charge in [-0.25, -0.2) is 9.78 Å². The molecule has 94 valence electrons. The Bertz CT molecular complexity index is 793. The van der Waals surface area contributed by atoms with E-state index < -0.39 is 11.2 Å². The lowest BCUT2D eigenvalue weighted by Crippen LogP contribution is -2.38. The van der Waals surface area contributed by atoms with Gasteiger partial charge in [0, 0.05) is 26.9 Å². The summed E-state index contributed by atoms with van der Waals surface area (Å²) in [6.45, 7) is 0. The molecule has 2 aromatic rings. The zero-order chi connectivity index (χ0) is 13.0. The molecule has 1 aliphatic rings. The quantitative estimate of drug-likeness (QED) is 0.624. The Balaban J connectivity index is 2.60. The van der Waals surface area contributed by atoms with E-state index in [2.05, 4.69) is 4.98 Å². The van der Waals surface area contributed by atoms with Gasteiger partial charge < -0.3 is 0 Å². The lowest BCUT2D eigenvalue weighted by Gasteiger charge is -2.13. The molecule has 0 saturated carbocycles. The molecular formula is C11H12N4O3. The second-order valence-electron chi connectivity index (χ2n) is 4.49. The maximum atomic E-state index is 12.0. The third kappa shape index (κ3) is 1.18. The van der Waals surface area contributed by atoms with Crippen molar-refractivity contribution in [3.8, 4) is 0 Å². The molecule has 0 fully saturated rings. The number of aromatic nitrogens is 4. The summed E-state index contributed by atoms with van der Waals surface area (Å²) in [5, 5.41) is 0. The fourth-order valence-corrected chi connectivity index (χ4v) is 2.41. The number of aryl methyl sites for hydroxylation is 2. The number of nitrogens with zero attached hydrogens (tertiary/aromatic N) is 4. The van der Waals surface area contributed by atoms with E-state index in [4.69, 9.17) is 0 Å². The summed E-state index contributed by atoms with van der Waals surface area (Å²) in [6, 6.07) is 0. The van der Waals surface area contributed by atoms with E-state index in [1.807, 2.05) is 0 Å². The molecule has 7 heteroatoms. The van der Waals surface area contributed by atoms with Gasteiger partial charge in [-0.2, -0.15) is 0 Å². The highest BCUT2D eigenvalue weighted by Gasteiger charge is 2.25. The Morgan fingerprint density at radius 1 is 1.06 bits per heavy atom. The van der Waals surface area contributed by atoms with E-state index in [1.165, 1.54) is 16.2 Å². The highest BCUT2D eigenvalue weighted by molar-refractivity contribution is 5.89. The van der Waals surface area contributed by atoms with Gasteiger partial charge in [0.1, 0.15) is 5.82 Å². The predicted molar refractivity (Wildman–Crippen MR) is 63.8 cm³/mol. The van der Waals surface area contributed by atoms with Crippen LogP contribution >= 0.6 is 0 Å². The second-order valence-corrected chi connectivity index (χ2v) is 4.49. The van der Waals surface area contributed by atoms with Crippen LogP contribution in [0, 0.1) is 0 Å². The molecule has 0 saturated heterocycles. The van der Waals surface area contributed by atoms with Crippen LogP contribution in [-0.2, 0) is 20.5 Å². The summed E-state index contributed by atoms with van der Waals surface area (Å²) in [5.74, 6) is 0.460. The first-order chi connectivity index (χ1) is 8.52. The van der Waals surface area contributed by atoms with E-state index in [-0.39, 0.29) is 11.4 Å². The molecule has 0 bridgehead atoms. The highest BCUT2D eigenvalue weighted by atomic mass is 16.2. The van der Waals surface area contributed by atoms with Gasteiger partial charge in [-0.15, -0.1) is 0 Å². The Hall–Kier alpha value is -2.18. The zero-order valence-electron chi connectivity index (χ0n) is 10.1. The van der Waals surface area contributed by atoms with Crippen LogP contribution in [-0.4, -0.2) is 24.6 Å². The van der Waals surface area contributed by atoms with E-state index in [0.717, 1.165) is 11.0 Å². The van der Waals surface area contributed by atoms with Gasteiger partial charge in [0.2, 0.25) is 5.91 Å². The molecule has 2 aromatic heterocycles. The van der Waals surface area contributed by atoms with Gasteiger partial charge in [0.15, 0.2) is 11.2 Å². The lowest BCUT2D eigenvalue weighted by atomic mass is 10.1. The van der Waals surface area contributed by atoms with Crippen molar-refractivity contribution in [1.29, 1.82) is 0 Å². The van der Waals surface area contributed by atoms with Crippen molar-refractivity contribution in [1.82, 2.24) is 18.7 Å². The van der Waals surface area contributed by atoms with Crippen molar-refractivity contribution in [3.63, 3.8) is 0 Å². The number of imidazole rings is 1. The first-order valence-electron chi connectivity index (χ1n) is 5.73. The van der Waals surface area contributed by atoms with Gasteiger partial charge >= 0.3 is 5.69 Å². The van der Waals surface area contributed by atoms with Crippen LogP contribution in [0.1, 0.15) is 23.5 Å². The number of hydrogen-bond acceptors (Lipinski definition) is 4. The van der Waals surface area contributed by atoms with E-state index in [0.29, 0.717) is 24.3 Å². The molecular weight excluding hydrogens is 236 g/mol. The van der Waals surface area contributed by atoms with Crippen LogP contribution < -0.4 is 11.2 Å². The minimum Gasteiger partial charge on any atom is -0.280 e. The van der Waals surface area contributed by atoms with Crippen molar-refractivity contribution in [2.75, 3.05) is 0 Å². The summed E-state index contributed by atoms with van der Waals surface area (Å²) < 4.78 is 3.71. The Kier molecular flexibility index (Phi) is 2.07. The first-order valence-corrected chi connectivity index (χ1v) is 5.73. The molecule has 0 spiro atoms.